The summed E-state index contributed by atoms with van der Waals surface area (Å²) in [4.78, 5) is 0.579. The Morgan fingerprint density at radius 1 is 1.38 bits per heavy atom. The molecule has 0 heterocycles. The minimum absolute atomic E-state index is 0.378. The van der Waals surface area contributed by atoms with Crippen molar-refractivity contribution in [2.45, 2.75) is 25.6 Å². The highest BCUT2D eigenvalue weighted by Crippen LogP contribution is 2.26. The van der Waals surface area contributed by atoms with Gasteiger partial charge in [-0.3, -0.25) is 0 Å². The molecule has 0 N–H and O–H groups in total. The van der Waals surface area contributed by atoms with Crippen LogP contribution in [0.1, 0.15) is 20.8 Å². The minimum Gasteiger partial charge on any atom is -0.0916 e. The van der Waals surface area contributed by atoms with E-state index in [4.69, 9.17) is 0 Å². The molecular formula is C6H12Br2. The van der Waals surface area contributed by atoms with E-state index in [1.807, 2.05) is 0 Å². The molecule has 1 atom stereocenters. The van der Waals surface area contributed by atoms with Gasteiger partial charge in [-0.15, -0.1) is 0 Å². The second-order valence-corrected chi connectivity index (χ2v) is 4.74. The molecule has 0 saturated carbocycles. The molecule has 0 aromatic heterocycles. The lowest BCUT2D eigenvalue weighted by Crippen LogP contribution is -2.20. The van der Waals surface area contributed by atoms with Crippen LogP contribution in [-0.4, -0.2) is 10.2 Å². The van der Waals surface area contributed by atoms with Crippen LogP contribution in [0.4, 0.5) is 0 Å². The van der Waals surface area contributed by atoms with Crippen molar-refractivity contribution in [3.05, 3.63) is 0 Å². The second kappa shape index (κ2) is 3.21. The molecule has 0 unspecified atom stereocenters. The summed E-state index contributed by atoms with van der Waals surface area (Å²) < 4.78 is 0. The summed E-state index contributed by atoms with van der Waals surface area (Å²) in [5, 5.41) is 1.02. The molecule has 0 saturated heterocycles. The Balaban J connectivity index is 3.62. The van der Waals surface area contributed by atoms with E-state index in [9.17, 15) is 0 Å². The average Bonchev–Trinajstić information content (AvgIpc) is 1.62. The molecule has 0 aromatic rings. The highest BCUT2D eigenvalue weighted by Gasteiger charge is 2.19. The Bertz CT molecular complexity index is 63.4. The molecule has 0 aliphatic rings. The molecule has 2 heteroatoms. The molecular weight excluding hydrogens is 232 g/mol. The number of rotatable bonds is 1. The third kappa shape index (κ3) is 3.08. The van der Waals surface area contributed by atoms with Crippen LogP contribution in [0.15, 0.2) is 0 Å². The average molecular weight is 244 g/mol. The van der Waals surface area contributed by atoms with Crippen molar-refractivity contribution in [2.75, 3.05) is 5.33 Å². The van der Waals surface area contributed by atoms with Gasteiger partial charge in [0, 0.05) is 10.2 Å². The van der Waals surface area contributed by atoms with E-state index < -0.39 is 0 Å². The Morgan fingerprint density at radius 3 is 1.75 bits per heavy atom. The van der Waals surface area contributed by atoms with Crippen molar-refractivity contribution >= 4 is 31.9 Å². The summed E-state index contributed by atoms with van der Waals surface area (Å²) in [6.07, 6.45) is 0. The van der Waals surface area contributed by atoms with Crippen LogP contribution in [0.5, 0.6) is 0 Å². The highest BCUT2D eigenvalue weighted by atomic mass is 79.9. The molecule has 0 amide bonds. The van der Waals surface area contributed by atoms with Gasteiger partial charge in [-0.05, 0) is 5.41 Å². The Hall–Kier alpha value is 0.960. The van der Waals surface area contributed by atoms with Crippen molar-refractivity contribution in [1.82, 2.24) is 0 Å². The zero-order chi connectivity index (χ0) is 6.78. The van der Waals surface area contributed by atoms with Crippen LogP contribution < -0.4 is 0 Å². The summed E-state index contributed by atoms with van der Waals surface area (Å²) in [7, 11) is 0. The third-order valence-corrected chi connectivity index (χ3v) is 4.29. The van der Waals surface area contributed by atoms with Crippen LogP contribution in [0, 0.1) is 5.41 Å². The quantitative estimate of drug-likeness (QED) is 0.621. The summed E-state index contributed by atoms with van der Waals surface area (Å²) in [5.41, 5.74) is 0.378. The van der Waals surface area contributed by atoms with E-state index in [2.05, 4.69) is 52.6 Å². The number of alkyl halides is 2. The molecule has 50 valence electrons. The smallest absolute Gasteiger partial charge is 0.0291 e. The van der Waals surface area contributed by atoms with Gasteiger partial charge in [-0.2, -0.15) is 0 Å². The van der Waals surface area contributed by atoms with Crippen molar-refractivity contribution in [1.29, 1.82) is 0 Å². The maximum atomic E-state index is 3.55. The third-order valence-electron chi connectivity index (χ3n) is 1.08. The van der Waals surface area contributed by atoms with Gasteiger partial charge >= 0.3 is 0 Å². The predicted molar refractivity (Wildman–Crippen MR) is 46.0 cm³/mol. The fourth-order valence-corrected chi connectivity index (χ4v) is 1.20. The van der Waals surface area contributed by atoms with Crippen molar-refractivity contribution in [3.8, 4) is 0 Å². The van der Waals surface area contributed by atoms with E-state index in [1.54, 1.807) is 0 Å². The minimum atomic E-state index is 0.378. The fraction of sp³-hybridized carbons (Fsp3) is 1.00. The van der Waals surface area contributed by atoms with Gasteiger partial charge in [0.25, 0.3) is 0 Å². The predicted octanol–water partition coefficient (Wildman–Crippen LogP) is 3.19. The number of hydrogen-bond acceptors (Lipinski definition) is 0. The maximum absolute atomic E-state index is 3.55. The first-order valence-corrected chi connectivity index (χ1v) is 4.72. The van der Waals surface area contributed by atoms with Crippen LogP contribution >= 0.6 is 31.9 Å². The molecule has 0 aliphatic carbocycles. The topological polar surface area (TPSA) is 0 Å². The first-order valence-electron chi connectivity index (χ1n) is 2.68. The lowest BCUT2D eigenvalue weighted by molar-refractivity contribution is 0.421. The standard InChI is InChI=1S/C6H12Br2/c1-6(2,3)5(8)4-7/h5H,4H2,1-3H3/t5-/m1/s1. The molecule has 0 aliphatic heterocycles. The molecule has 0 fully saturated rings. The Kier molecular flexibility index (Phi) is 3.60. The largest absolute Gasteiger partial charge is 0.0916 e. The van der Waals surface area contributed by atoms with Crippen molar-refractivity contribution in [2.24, 2.45) is 5.41 Å². The van der Waals surface area contributed by atoms with Gasteiger partial charge in [0.2, 0.25) is 0 Å². The van der Waals surface area contributed by atoms with Crippen LogP contribution in [-0.2, 0) is 0 Å². The van der Waals surface area contributed by atoms with E-state index in [1.165, 1.54) is 0 Å². The van der Waals surface area contributed by atoms with Crippen LogP contribution in [0.25, 0.3) is 0 Å². The van der Waals surface area contributed by atoms with Crippen molar-refractivity contribution < 1.29 is 0 Å². The van der Waals surface area contributed by atoms with Gasteiger partial charge in [0.15, 0.2) is 0 Å². The lowest BCUT2D eigenvalue weighted by Gasteiger charge is -2.22. The summed E-state index contributed by atoms with van der Waals surface area (Å²) in [6, 6.07) is 0. The van der Waals surface area contributed by atoms with E-state index >= 15 is 0 Å². The number of hydrogen-bond donors (Lipinski definition) is 0. The van der Waals surface area contributed by atoms with Crippen LogP contribution in [0.3, 0.4) is 0 Å². The summed E-state index contributed by atoms with van der Waals surface area (Å²) in [6.45, 7) is 6.65. The molecule has 0 rings (SSSR count). The fourth-order valence-electron chi connectivity index (χ4n) is 0.231. The van der Waals surface area contributed by atoms with Crippen molar-refractivity contribution in [3.63, 3.8) is 0 Å². The van der Waals surface area contributed by atoms with Gasteiger partial charge in [0.1, 0.15) is 0 Å². The molecule has 0 bridgehead atoms. The second-order valence-electron chi connectivity index (χ2n) is 2.99. The van der Waals surface area contributed by atoms with Gasteiger partial charge in [-0.25, -0.2) is 0 Å². The maximum Gasteiger partial charge on any atom is 0.0291 e. The highest BCUT2D eigenvalue weighted by molar-refractivity contribution is 9.12. The van der Waals surface area contributed by atoms with E-state index in [-0.39, 0.29) is 0 Å². The number of halogens is 2. The molecule has 0 radical (unpaired) electrons. The van der Waals surface area contributed by atoms with E-state index in [0.717, 1.165) is 5.33 Å². The first-order chi connectivity index (χ1) is 3.48. The molecule has 8 heavy (non-hydrogen) atoms. The van der Waals surface area contributed by atoms with Gasteiger partial charge < -0.3 is 0 Å². The SMILES string of the molecule is CC(C)(C)[C@H](Br)CBr. The Labute approximate surface area is 68.3 Å². The lowest BCUT2D eigenvalue weighted by atomic mass is 9.93. The zero-order valence-electron chi connectivity index (χ0n) is 5.54. The molecule has 0 nitrogen and oxygen atoms in total. The van der Waals surface area contributed by atoms with Crippen LogP contribution in [0.2, 0.25) is 0 Å². The van der Waals surface area contributed by atoms with Gasteiger partial charge in [0.05, 0.1) is 0 Å². The normalized spacial score (nSPS) is 16.1. The van der Waals surface area contributed by atoms with E-state index in [0.29, 0.717) is 10.2 Å². The summed E-state index contributed by atoms with van der Waals surface area (Å²) >= 11 is 6.95. The first kappa shape index (κ1) is 8.96. The molecule has 0 aromatic carbocycles. The zero-order valence-corrected chi connectivity index (χ0v) is 8.71. The molecule has 0 spiro atoms. The Morgan fingerprint density at radius 2 is 1.75 bits per heavy atom. The van der Waals surface area contributed by atoms with Gasteiger partial charge in [-0.1, -0.05) is 52.6 Å². The monoisotopic (exact) mass is 242 g/mol. The summed E-state index contributed by atoms with van der Waals surface area (Å²) in [5.74, 6) is 0.